The molecule has 0 saturated carbocycles. The molecular weight excluding hydrogens is 320 g/mol. The summed E-state index contributed by atoms with van der Waals surface area (Å²) in [4.78, 5) is 23.3. The topological polar surface area (TPSA) is 92.8 Å². The van der Waals surface area contributed by atoms with Crippen molar-refractivity contribution < 1.29 is 9.59 Å². The quantitative estimate of drug-likeness (QED) is 0.556. The minimum Gasteiger partial charge on any atom is -0.350 e. The van der Waals surface area contributed by atoms with E-state index in [1.807, 2.05) is 59.9 Å². The monoisotopic (exact) mass is 342 g/mol. The second-order valence-electron chi connectivity index (χ2n) is 5.53. The van der Waals surface area contributed by atoms with Crippen molar-refractivity contribution in [2.24, 2.45) is 24.3 Å². The number of carbonyl (C=O) groups excluding carboxylic acids is 2. The Kier molecular flexibility index (Phi) is 6.70. The maximum Gasteiger partial charge on any atom is 0.240 e. The summed E-state index contributed by atoms with van der Waals surface area (Å²) < 4.78 is 3.77. The van der Waals surface area contributed by atoms with Crippen LogP contribution in [0.5, 0.6) is 0 Å². The number of hydrazone groups is 2. The summed E-state index contributed by atoms with van der Waals surface area (Å²) in [5.74, 6) is -0.462. The minimum absolute atomic E-state index is 0.222. The standard InChI is InChI=1S/C17H22N6O2/c1-22-10-4-6-14(22)12-18-20-16(24)8-3-9-17(25)21-19-13-15-7-5-11-23(15)2/h4-7,10-13H,3,8-9H2,1-2H3,(H,20,24)(H,21,25). The third-order valence-corrected chi connectivity index (χ3v) is 3.55. The summed E-state index contributed by atoms with van der Waals surface area (Å²) in [6, 6.07) is 7.55. The van der Waals surface area contributed by atoms with Crippen LogP contribution in [-0.2, 0) is 23.7 Å². The number of rotatable bonds is 8. The van der Waals surface area contributed by atoms with Crippen LogP contribution in [0.2, 0.25) is 0 Å². The summed E-state index contributed by atoms with van der Waals surface area (Å²) >= 11 is 0. The van der Waals surface area contributed by atoms with Gasteiger partial charge in [0.05, 0.1) is 23.8 Å². The molecule has 2 aromatic heterocycles. The van der Waals surface area contributed by atoms with E-state index in [4.69, 9.17) is 0 Å². The van der Waals surface area contributed by atoms with Gasteiger partial charge in [0.15, 0.2) is 0 Å². The molecule has 8 heteroatoms. The molecule has 0 saturated heterocycles. The molecule has 2 heterocycles. The number of aromatic nitrogens is 2. The highest BCUT2D eigenvalue weighted by Gasteiger charge is 2.04. The number of hydrogen-bond acceptors (Lipinski definition) is 4. The molecule has 0 unspecified atom stereocenters. The van der Waals surface area contributed by atoms with Crippen LogP contribution in [0.15, 0.2) is 46.9 Å². The molecule has 0 atom stereocenters. The second kappa shape index (κ2) is 9.21. The Morgan fingerprint density at radius 2 is 1.36 bits per heavy atom. The summed E-state index contributed by atoms with van der Waals surface area (Å²) in [5, 5.41) is 7.77. The van der Waals surface area contributed by atoms with Gasteiger partial charge in [0, 0.05) is 39.3 Å². The first-order chi connectivity index (χ1) is 12.1. The van der Waals surface area contributed by atoms with Gasteiger partial charge in [-0.3, -0.25) is 9.59 Å². The van der Waals surface area contributed by atoms with Gasteiger partial charge in [0.1, 0.15) is 0 Å². The van der Waals surface area contributed by atoms with Crippen molar-refractivity contribution in [2.45, 2.75) is 19.3 Å². The Bertz CT molecular complexity index is 707. The third-order valence-electron chi connectivity index (χ3n) is 3.55. The number of aryl methyl sites for hydroxylation is 2. The van der Waals surface area contributed by atoms with Crippen molar-refractivity contribution >= 4 is 24.2 Å². The van der Waals surface area contributed by atoms with Crippen LogP contribution < -0.4 is 10.9 Å². The Hall–Kier alpha value is -3.16. The van der Waals surface area contributed by atoms with Crippen LogP contribution in [-0.4, -0.2) is 33.4 Å². The lowest BCUT2D eigenvalue weighted by Crippen LogP contribution is -2.20. The molecule has 2 aromatic rings. The minimum atomic E-state index is -0.231. The van der Waals surface area contributed by atoms with Crippen LogP contribution in [0.1, 0.15) is 30.7 Å². The van der Waals surface area contributed by atoms with Gasteiger partial charge in [-0.25, -0.2) is 10.9 Å². The average Bonchev–Trinajstić information content (AvgIpc) is 3.16. The van der Waals surface area contributed by atoms with Crippen LogP contribution in [0, 0.1) is 0 Å². The van der Waals surface area contributed by atoms with E-state index < -0.39 is 0 Å². The van der Waals surface area contributed by atoms with E-state index in [0.717, 1.165) is 11.4 Å². The molecule has 25 heavy (non-hydrogen) atoms. The lowest BCUT2D eigenvalue weighted by molar-refractivity contribution is -0.122. The van der Waals surface area contributed by atoms with E-state index in [1.165, 1.54) is 0 Å². The number of nitrogens with one attached hydrogen (secondary N) is 2. The fourth-order valence-corrected chi connectivity index (χ4v) is 2.08. The van der Waals surface area contributed by atoms with Crippen molar-refractivity contribution in [3.8, 4) is 0 Å². The number of carbonyl (C=O) groups is 2. The smallest absolute Gasteiger partial charge is 0.240 e. The number of amides is 2. The van der Waals surface area contributed by atoms with Gasteiger partial charge < -0.3 is 9.13 Å². The molecule has 0 aromatic carbocycles. The zero-order valence-corrected chi connectivity index (χ0v) is 14.3. The van der Waals surface area contributed by atoms with Crippen LogP contribution in [0.4, 0.5) is 0 Å². The first kappa shape index (κ1) is 18.2. The molecule has 0 aliphatic carbocycles. The molecule has 0 bridgehead atoms. The highest BCUT2D eigenvalue weighted by Crippen LogP contribution is 1.98. The van der Waals surface area contributed by atoms with Crippen molar-refractivity contribution in [2.75, 3.05) is 0 Å². The molecular formula is C17H22N6O2. The lowest BCUT2D eigenvalue weighted by Gasteiger charge is -2.01. The van der Waals surface area contributed by atoms with Crippen molar-refractivity contribution in [1.29, 1.82) is 0 Å². The van der Waals surface area contributed by atoms with Gasteiger partial charge in [0.25, 0.3) is 0 Å². The summed E-state index contributed by atoms with van der Waals surface area (Å²) in [6.07, 6.45) is 7.80. The molecule has 0 aliphatic heterocycles. The fourth-order valence-electron chi connectivity index (χ4n) is 2.08. The normalized spacial score (nSPS) is 11.3. The maximum atomic E-state index is 11.6. The lowest BCUT2D eigenvalue weighted by atomic mass is 10.2. The highest BCUT2D eigenvalue weighted by atomic mass is 16.2. The Balaban J connectivity index is 1.61. The largest absolute Gasteiger partial charge is 0.350 e. The molecule has 2 rings (SSSR count). The SMILES string of the molecule is Cn1cccc1C=NNC(=O)CCCC(=O)NN=Cc1cccn1C. The zero-order valence-electron chi connectivity index (χ0n) is 14.3. The molecule has 8 nitrogen and oxygen atoms in total. The van der Waals surface area contributed by atoms with E-state index in [1.54, 1.807) is 12.4 Å². The van der Waals surface area contributed by atoms with Gasteiger partial charge in [0.2, 0.25) is 11.8 Å². The zero-order chi connectivity index (χ0) is 18.1. The third kappa shape index (κ3) is 6.09. The van der Waals surface area contributed by atoms with E-state index in [2.05, 4.69) is 21.1 Å². The van der Waals surface area contributed by atoms with Crippen molar-refractivity contribution in [3.63, 3.8) is 0 Å². The van der Waals surface area contributed by atoms with E-state index in [0.29, 0.717) is 6.42 Å². The van der Waals surface area contributed by atoms with Crippen LogP contribution >= 0.6 is 0 Å². The van der Waals surface area contributed by atoms with Crippen molar-refractivity contribution in [1.82, 2.24) is 20.0 Å². The Morgan fingerprint density at radius 3 is 1.72 bits per heavy atom. The number of nitrogens with zero attached hydrogens (tertiary/aromatic N) is 4. The first-order valence-electron chi connectivity index (χ1n) is 7.93. The van der Waals surface area contributed by atoms with E-state index in [9.17, 15) is 9.59 Å². The molecule has 132 valence electrons. The molecule has 2 amide bonds. The van der Waals surface area contributed by atoms with Crippen molar-refractivity contribution in [3.05, 3.63) is 48.0 Å². The maximum absolute atomic E-state index is 11.6. The number of hydrogen-bond donors (Lipinski definition) is 2. The van der Waals surface area contributed by atoms with Gasteiger partial charge in [-0.15, -0.1) is 0 Å². The Labute approximate surface area is 146 Å². The second-order valence-corrected chi connectivity index (χ2v) is 5.53. The van der Waals surface area contributed by atoms with E-state index in [-0.39, 0.29) is 24.7 Å². The van der Waals surface area contributed by atoms with E-state index >= 15 is 0 Å². The van der Waals surface area contributed by atoms with Gasteiger partial charge in [-0.05, 0) is 30.7 Å². The van der Waals surface area contributed by atoms with Gasteiger partial charge in [-0.2, -0.15) is 10.2 Å². The molecule has 0 fully saturated rings. The molecule has 0 aliphatic rings. The molecule has 2 N–H and O–H groups in total. The summed E-state index contributed by atoms with van der Waals surface area (Å²) in [6.45, 7) is 0. The predicted molar refractivity (Wildman–Crippen MR) is 96.2 cm³/mol. The van der Waals surface area contributed by atoms with Gasteiger partial charge >= 0.3 is 0 Å². The van der Waals surface area contributed by atoms with Crippen LogP contribution in [0.3, 0.4) is 0 Å². The Morgan fingerprint density at radius 1 is 0.920 bits per heavy atom. The van der Waals surface area contributed by atoms with Gasteiger partial charge in [-0.1, -0.05) is 0 Å². The fraction of sp³-hybridized carbons (Fsp3) is 0.294. The summed E-state index contributed by atoms with van der Waals surface area (Å²) in [5.41, 5.74) is 6.66. The molecule has 0 spiro atoms. The highest BCUT2D eigenvalue weighted by molar-refractivity contribution is 5.82. The molecule has 0 radical (unpaired) electrons. The average molecular weight is 342 g/mol. The van der Waals surface area contributed by atoms with Crippen LogP contribution in [0.25, 0.3) is 0 Å². The predicted octanol–water partition coefficient (Wildman–Crippen LogP) is 1.13. The first-order valence-corrected chi connectivity index (χ1v) is 7.93. The summed E-state index contributed by atoms with van der Waals surface area (Å²) in [7, 11) is 3.78.